The lowest BCUT2D eigenvalue weighted by Crippen LogP contribution is -2.43. The van der Waals surface area contributed by atoms with Crippen LogP contribution < -0.4 is 5.32 Å². The van der Waals surface area contributed by atoms with Crippen LogP contribution in [0.15, 0.2) is 12.1 Å². The maximum Gasteiger partial charge on any atom is 0.262 e. The second-order valence-electron chi connectivity index (χ2n) is 4.55. The summed E-state index contributed by atoms with van der Waals surface area (Å²) in [5.41, 5.74) is 0. The second-order valence-corrected chi connectivity index (χ2v) is 6.35. The van der Waals surface area contributed by atoms with Crippen LogP contribution in [0.2, 0.25) is 4.34 Å². The van der Waals surface area contributed by atoms with Crippen LogP contribution in [-0.2, 0) is 11.3 Å². The van der Waals surface area contributed by atoms with Gasteiger partial charge in [-0.2, -0.15) is 0 Å². The number of halogens is 4. The molecule has 8 heteroatoms. The summed E-state index contributed by atoms with van der Waals surface area (Å²) >= 11 is 7.23. The van der Waals surface area contributed by atoms with Gasteiger partial charge in [0.05, 0.1) is 23.5 Å². The van der Waals surface area contributed by atoms with Gasteiger partial charge in [0, 0.05) is 17.8 Å². The minimum atomic E-state index is -2.79. The van der Waals surface area contributed by atoms with E-state index in [2.05, 4.69) is 5.32 Å². The molecule has 1 aromatic heterocycles. The van der Waals surface area contributed by atoms with Crippen molar-refractivity contribution in [3.8, 4) is 0 Å². The van der Waals surface area contributed by atoms with Gasteiger partial charge in [0.1, 0.15) is 0 Å². The van der Waals surface area contributed by atoms with Crippen LogP contribution in [-0.4, -0.2) is 35.9 Å². The molecule has 1 saturated heterocycles. The number of carbonyl (C=O) groups excluding carboxylic acids is 1. The fourth-order valence-electron chi connectivity index (χ4n) is 2.08. The maximum atomic E-state index is 13.1. The summed E-state index contributed by atoms with van der Waals surface area (Å²) < 4.78 is 26.9. The molecule has 0 radical (unpaired) electrons. The predicted molar refractivity (Wildman–Crippen MR) is 79.0 cm³/mol. The molecule has 1 aliphatic heterocycles. The zero-order valence-electron chi connectivity index (χ0n) is 10.9. The SMILES string of the molecule is CCN(Cc1ccc(Cl)s1)C(=O)C1CC(F)(F)CN1.Cl. The van der Waals surface area contributed by atoms with Crippen LogP contribution in [0.4, 0.5) is 8.78 Å². The molecule has 0 aliphatic carbocycles. The summed E-state index contributed by atoms with van der Waals surface area (Å²) in [5, 5.41) is 2.59. The summed E-state index contributed by atoms with van der Waals surface area (Å²) in [4.78, 5) is 14.7. The lowest BCUT2D eigenvalue weighted by molar-refractivity contribution is -0.134. The maximum absolute atomic E-state index is 13.1. The normalized spacial score (nSPS) is 20.5. The Morgan fingerprint density at radius 1 is 1.60 bits per heavy atom. The van der Waals surface area contributed by atoms with Gasteiger partial charge >= 0.3 is 0 Å². The molecule has 0 spiro atoms. The van der Waals surface area contributed by atoms with Crippen LogP contribution in [0.5, 0.6) is 0 Å². The number of nitrogens with zero attached hydrogens (tertiary/aromatic N) is 1. The molecule has 0 aromatic carbocycles. The van der Waals surface area contributed by atoms with Gasteiger partial charge in [-0.3, -0.25) is 10.1 Å². The zero-order valence-corrected chi connectivity index (χ0v) is 13.3. The summed E-state index contributed by atoms with van der Waals surface area (Å²) in [6.45, 7) is 2.31. The van der Waals surface area contributed by atoms with E-state index in [9.17, 15) is 13.6 Å². The number of hydrogen-bond acceptors (Lipinski definition) is 3. The highest BCUT2D eigenvalue weighted by Crippen LogP contribution is 2.27. The fraction of sp³-hybridized carbons (Fsp3) is 0.583. The number of carbonyl (C=O) groups is 1. The minimum Gasteiger partial charge on any atom is -0.336 e. The Kier molecular flexibility index (Phi) is 6.19. The molecule has 1 amide bonds. The van der Waals surface area contributed by atoms with E-state index in [0.29, 0.717) is 17.4 Å². The van der Waals surface area contributed by atoms with Gasteiger partial charge in [0.15, 0.2) is 0 Å². The largest absolute Gasteiger partial charge is 0.336 e. The van der Waals surface area contributed by atoms with Crippen molar-refractivity contribution < 1.29 is 13.6 Å². The van der Waals surface area contributed by atoms with Gasteiger partial charge in [0.2, 0.25) is 5.91 Å². The van der Waals surface area contributed by atoms with Crippen LogP contribution >= 0.6 is 35.3 Å². The monoisotopic (exact) mass is 344 g/mol. The number of amides is 1. The Bertz CT molecular complexity index is 470. The van der Waals surface area contributed by atoms with Gasteiger partial charge in [-0.05, 0) is 19.1 Å². The first-order chi connectivity index (χ1) is 8.91. The van der Waals surface area contributed by atoms with Crippen molar-refractivity contribution in [1.82, 2.24) is 10.2 Å². The molecule has 2 heterocycles. The van der Waals surface area contributed by atoms with Crippen molar-refractivity contribution in [2.45, 2.75) is 31.9 Å². The molecule has 1 unspecified atom stereocenters. The topological polar surface area (TPSA) is 32.3 Å². The van der Waals surface area contributed by atoms with Crippen molar-refractivity contribution in [3.63, 3.8) is 0 Å². The van der Waals surface area contributed by atoms with Crippen molar-refractivity contribution in [2.24, 2.45) is 0 Å². The summed E-state index contributed by atoms with van der Waals surface area (Å²) in [5.74, 6) is -3.06. The Labute approximate surface area is 131 Å². The summed E-state index contributed by atoms with van der Waals surface area (Å²) in [6.07, 6.45) is -0.423. The van der Waals surface area contributed by atoms with Crippen LogP contribution in [0, 0.1) is 0 Å². The Morgan fingerprint density at radius 3 is 2.75 bits per heavy atom. The highest BCUT2D eigenvalue weighted by atomic mass is 35.5. The molecule has 1 atom stereocenters. The fourth-order valence-corrected chi connectivity index (χ4v) is 3.18. The first-order valence-corrected chi connectivity index (χ1v) is 7.25. The third-order valence-electron chi connectivity index (χ3n) is 3.08. The summed E-state index contributed by atoms with van der Waals surface area (Å²) in [6, 6.07) is 2.83. The van der Waals surface area contributed by atoms with E-state index in [4.69, 9.17) is 11.6 Å². The van der Waals surface area contributed by atoms with Gasteiger partial charge in [-0.15, -0.1) is 23.7 Å². The zero-order chi connectivity index (χ0) is 14.0. The molecule has 20 heavy (non-hydrogen) atoms. The first-order valence-electron chi connectivity index (χ1n) is 6.05. The molecule has 3 nitrogen and oxygen atoms in total. The van der Waals surface area contributed by atoms with E-state index in [1.165, 1.54) is 11.3 Å². The average Bonchev–Trinajstić information content (AvgIpc) is 2.91. The first kappa shape index (κ1) is 17.6. The molecular formula is C12H16Cl2F2N2OS. The predicted octanol–water partition coefficient (Wildman–Crippen LogP) is 3.17. The highest BCUT2D eigenvalue weighted by Gasteiger charge is 2.43. The van der Waals surface area contributed by atoms with Crippen LogP contribution in [0.1, 0.15) is 18.2 Å². The third-order valence-corrected chi connectivity index (χ3v) is 4.29. The van der Waals surface area contributed by atoms with Crippen molar-refractivity contribution in [2.75, 3.05) is 13.1 Å². The Balaban J connectivity index is 0.00000200. The van der Waals surface area contributed by atoms with Crippen molar-refractivity contribution >= 4 is 41.3 Å². The van der Waals surface area contributed by atoms with E-state index in [0.717, 1.165) is 4.88 Å². The van der Waals surface area contributed by atoms with E-state index in [-0.39, 0.29) is 18.3 Å². The molecule has 1 aromatic rings. The molecule has 2 rings (SSSR count). The molecule has 1 N–H and O–H groups in total. The molecular weight excluding hydrogens is 329 g/mol. The smallest absolute Gasteiger partial charge is 0.262 e. The molecule has 1 fully saturated rings. The van der Waals surface area contributed by atoms with E-state index >= 15 is 0 Å². The highest BCUT2D eigenvalue weighted by molar-refractivity contribution is 7.16. The Hall–Kier alpha value is -0.430. The number of likely N-dealkylation sites (N-methyl/N-ethyl adjacent to an activating group) is 1. The number of rotatable bonds is 4. The van der Waals surface area contributed by atoms with Crippen LogP contribution in [0.25, 0.3) is 0 Å². The molecule has 114 valence electrons. The van der Waals surface area contributed by atoms with Gasteiger partial charge in [-0.25, -0.2) is 8.78 Å². The van der Waals surface area contributed by atoms with Crippen LogP contribution in [0.3, 0.4) is 0 Å². The average molecular weight is 345 g/mol. The van der Waals surface area contributed by atoms with E-state index < -0.39 is 24.9 Å². The lowest BCUT2D eigenvalue weighted by Gasteiger charge is -2.23. The van der Waals surface area contributed by atoms with Gasteiger partial charge in [-0.1, -0.05) is 11.6 Å². The van der Waals surface area contributed by atoms with Gasteiger partial charge in [0.25, 0.3) is 5.92 Å². The summed E-state index contributed by atoms with van der Waals surface area (Å²) in [7, 11) is 0. The third kappa shape index (κ3) is 4.28. The minimum absolute atomic E-state index is 0. The number of nitrogens with one attached hydrogen (secondary N) is 1. The van der Waals surface area contributed by atoms with E-state index in [1.807, 2.05) is 13.0 Å². The van der Waals surface area contributed by atoms with E-state index in [1.54, 1.807) is 11.0 Å². The standard InChI is InChI=1S/C12H15ClF2N2OS.ClH/c1-2-17(6-8-3-4-10(13)19-8)11(18)9-5-12(14,15)7-16-9;/h3-4,9,16H,2,5-7H2,1H3;1H. The number of hydrogen-bond donors (Lipinski definition) is 1. The Morgan fingerprint density at radius 2 is 2.30 bits per heavy atom. The van der Waals surface area contributed by atoms with Crippen molar-refractivity contribution in [1.29, 1.82) is 0 Å². The lowest BCUT2D eigenvalue weighted by atomic mass is 10.1. The van der Waals surface area contributed by atoms with Gasteiger partial charge < -0.3 is 4.90 Å². The molecule has 0 bridgehead atoms. The number of thiophene rings is 1. The number of alkyl halides is 2. The molecule has 1 aliphatic rings. The van der Waals surface area contributed by atoms with Crippen molar-refractivity contribution in [3.05, 3.63) is 21.3 Å². The quantitative estimate of drug-likeness (QED) is 0.909. The second kappa shape index (κ2) is 7.02. The molecule has 0 saturated carbocycles.